The van der Waals surface area contributed by atoms with Gasteiger partial charge < -0.3 is 14.8 Å². The predicted octanol–water partition coefficient (Wildman–Crippen LogP) is 5.08. The van der Waals surface area contributed by atoms with Gasteiger partial charge in [0.2, 0.25) is 0 Å². The zero-order chi connectivity index (χ0) is 22.9. The largest absolute Gasteiger partial charge is 0.423 e. The molecule has 0 unspecified atom stereocenters. The minimum atomic E-state index is -0.549. The number of esters is 2. The summed E-state index contributed by atoms with van der Waals surface area (Å²) in [4.78, 5) is 36.1. The first-order valence-electron chi connectivity index (χ1n) is 10.6. The summed E-state index contributed by atoms with van der Waals surface area (Å²) in [5.41, 5.74) is 0.475. The van der Waals surface area contributed by atoms with Crippen LogP contribution < -0.4 is 14.8 Å². The van der Waals surface area contributed by atoms with Crippen molar-refractivity contribution >= 4 is 17.7 Å². The summed E-state index contributed by atoms with van der Waals surface area (Å²) in [6.07, 6.45) is 4.16. The molecule has 0 aliphatic heterocycles. The molecule has 1 aromatic rings. The summed E-state index contributed by atoms with van der Waals surface area (Å²) >= 11 is 0. The fourth-order valence-corrected chi connectivity index (χ4v) is 2.72. The number of unbranched alkanes of at least 4 members (excludes halogenated alkanes) is 2. The number of ketones is 1. The second kappa shape index (κ2) is 11.3. The van der Waals surface area contributed by atoms with Crippen LogP contribution >= 0.6 is 0 Å². The van der Waals surface area contributed by atoms with Gasteiger partial charge in [-0.25, -0.2) is 0 Å². The molecule has 6 heteroatoms. The maximum atomic E-state index is 12.4. The van der Waals surface area contributed by atoms with E-state index in [1.165, 1.54) is 19.1 Å². The molecule has 168 valence electrons. The van der Waals surface area contributed by atoms with Gasteiger partial charge in [-0.2, -0.15) is 0 Å². The van der Waals surface area contributed by atoms with E-state index in [2.05, 4.69) is 26.1 Å². The second-order valence-corrected chi connectivity index (χ2v) is 9.88. The molecule has 0 saturated carbocycles. The molecule has 6 nitrogen and oxygen atoms in total. The van der Waals surface area contributed by atoms with Crippen LogP contribution in [0.5, 0.6) is 11.5 Å². The van der Waals surface area contributed by atoms with Gasteiger partial charge in [0.1, 0.15) is 0 Å². The highest BCUT2D eigenvalue weighted by molar-refractivity contribution is 5.98. The summed E-state index contributed by atoms with van der Waals surface area (Å²) < 4.78 is 10.6. The zero-order valence-corrected chi connectivity index (χ0v) is 19.5. The highest BCUT2D eigenvalue weighted by atomic mass is 16.6. The average Bonchev–Trinajstić information content (AvgIpc) is 2.58. The van der Waals surface area contributed by atoms with Crippen molar-refractivity contribution in [2.45, 2.75) is 86.1 Å². The van der Waals surface area contributed by atoms with E-state index < -0.39 is 5.97 Å². The van der Waals surface area contributed by atoms with Crippen LogP contribution in [0.4, 0.5) is 0 Å². The first-order valence-corrected chi connectivity index (χ1v) is 10.6. The molecule has 0 fully saturated rings. The van der Waals surface area contributed by atoms with Crippen molar-refractivity contribution in [3.8, 4) is 11.5 Å². The summed E-state index contributed by atoms with van der Waals surface area (Å²) in [7, 11) is 0. The van der Waals surface area contributed by atoms with Crippen molar-refractivity contribution in [3.63, 3.8) is 0 Å². The van der Waals surface area contributed by atoms with Crippen molar-refractivity contribution < 1.29 is 23.9 Å². The Morgan fingerprint density at radius 1 is 0.900 bits per heavy atom. The predicted molar refractivity (Wildman–Crippen MR) is 118 cm³/mol. The highest BCUT2D eigenvalue weighted by Gasteiger charge is 2.18. The Hall–Kier alpha value is -2.21. The smallest absolute Gasteiger partial charge is 0.311 e. The first kappa shape index (κ1) is 25.8. The fourth-order valence-electron chi connectivity index (χ4n) is 2.72. The normalized spacial score (nSPS) is 11.8. The molecular weight excluding hydrogens is 382 g/mol. The van der Waals surface area contributed by atoms with Crippen LogP contribution in [0.25, 0.3) is 0 Å². The van der Waals surface area contributed by atoms with Crippen LogP contribution in [0.15, 0.2) is 18.2 Å². The molecule has 0 saturated heterocycles. The maximum absolute atomic E-state index is 12.4. The van der Waals surface area contributed by atoms with Gasteiger partial charge in [0.25, 0.3) is 0 Å². The van der Waals surface area contributed by atoms with Crippen LogP contribution in [0.3, 0.4) is 0 Å². The Kier molecular flexibility index (Phi) is 9.69. The lowest BCUT2D eigenvalue weighted by atomic mass is 9.89. The molecule has 0 aliphatic rings. The number of carbonyl (C=O) groups is 3. The minimum absolute atomic E-state index is 0.0743. The lowest BCUT2D eigenvalue weighted by Gasteiger charge is -2.20. The molecule has 0 aromatic heterocycles. The number of hydrogen-bond acceptors (Lipinski definition) is 6. The standard InChI is InChI=1S/C24H37NO5/c1-17(26)29-21-15-18(19(27)16-25-24(5,6)7)12-13-20(21)30-22(28)11-9-8-10-14-23(2,3)4/h12-13,15,25H,8-11,14,16H2,1-7H3. The van der Waals surface area contributed by atoms with Gasteiger partial charge in [0, 0.05) is 24.4 Å². The van der Waals surface area contributed by atoms with E-state index in [1.807, 2.05) is 20.8 Å². The number of hydrogen-bond donors (Lipinski definition) is 1. The van der Waals surface area contributed by atoms with Crippen LogP contribution in [-0.2, 0) is 9.59 Å². The van der Waals surface area contributed by atoms with Crippen molar-refractivity contribution in [1.29, 1.82) is 0 Å². The molecule has 0 atom stereocenters. The SMILES string of the molecule is CC(=O)Oc1cc(C(=O)CNC(C)(C)C)ccc1OC(=O)CCCCCC(C)(C)C. The second-order valence-electron chi connectivity index (χ2n) is 9.88. The van der Waals surface area contributed by atoms with Gasteiger partial charge in [-0.1, -0.05) is 33.6 Å². The number of nitrogens with one attached hydrogen (secondary N) is 1. The topological polar surface area (TPSA) is 81.7 Å². The third-order valence-corrected chi connectivity index (χ3v) is 4.33. The van der Waals surface area contributed by atoms with E-state index in [1.54, 1.807) is 6.07 Å². The van der Waals surface area contributed by atoms with Gasteiger partial charge in [-0.05, 0) is 57.2 Å². The Morgan fingerprint density at radius 3 is 2.13 bits per heavy atom. The molecule has 0 spiro atoms. The van der Waals surface area contributed by atoms with Gasteiger partial charge in [0.15, 0.2) is 17.3 Å². The molecule has 0 amide bonds. The van der Waals surface area contributed by atoms with E-state index in [4.69, 9.17) is 9.47 Å². The Labute approximate surface area is 180 Å². The van der Waals surface area contributed by atoms with Crippen molar-refractivity contribution in [1.82, 2.24) is 5.32 Å². The van der Waals surface area contributed by atoms with Crippen molar-refractivity contribution in [2.24, 2.45) is 5.41 Å². The summed E-state index contributed by atoms with van der Waals surface area (Å²) in [6, 6.07) is 4.52. The molecule has 1 aromatic carbocycles. The number of benzene rings is 1. The van der Waals surface area contributed by atoms with E-state index in [-0.39, 0.29) is 35.3 Å². The highest BCUT2D eigenvalue weighted by Crippen LogP contribution is 2.30. The van der Waals surface area contributed by atoms with E-state index in [0.717, 1.165) is 25.7 Å². The lowest BCUT2D eigenvalue weighted by Crippen LogP contribution is -2.39. The van der Waals surface area contributed by atoms with E-state index in [9.17, 15) is 14.4 Å². The molecule has 0 heterocycles. The van der Waals surface area contributed by atoms with Crippen LogP contribution in [0, 0.1) is 5.41 Å². The third-order valence-electron chi connectivity index (χ3n) is 4.33. The molecule has 0 radical (unpaired) electrons. The number of Topliss-reactive ketones (excluding diaryl/α,β-unsaturated/α-hetero) is 1. The monoisotopic (exact) mass is 419 g/mol. The summed E-state index contributed by atoms with van der Waals surface area (Å²) in [6.45, 7) is 13.9. The van der Waals surface area contributed by atoms with Gasteiger partial charge in [-0.15, -0.1) is 0 Å². The molecule has 0 aliphatic carbocycles. The Morgan fingerprint density at radius 2 is 1.57 bits per heavy atom. The zero-order valence-electron chi connectivity index (χ0n) is 19.5. The van der Waals surface area contributed by atoms with Gasteiger partial charge in [0.05, 0.1) is 6.54 Å². The van der Waals surface area contributed by atoms with E-state index >= 15 is 0 Å². The summed E-state index contributed by atoms with van der Waals surface area (Å²) in [5.74, 6) is -0.856. The van der Waals surface area contributed by atoms with Crippen molar-refractivity contribution in [3.05, 3.63) is 23.8 Å². The van der Waals surface area contributed by atoms with Crippen molar-refractivity contribution in [2.75, 3.05) is 6.54 Å². The van der Waals surface area contributed by atoms with Gasteiger partial charge >= 0.3 is 11.9 Å². The first-order chi connectivity index (χ1) is 13.8. The van der Waals surface area contributed by atoms with Crippen LogP contribution in [-0.4, -0.2) is 29.8 Å². The quantitative estimate of drug-likeness (QED) is 0.246. The fraction of sp³-hybridized carbons (Fsp3) is 0.625. The Balaban J connectivity index is 2.73. The lowest BCUT2D eigenvalue weighted by molar-refractivity contribution is -0.136. The minimum Gasteiger partial charge on any atom is -0.423 e. The van der Waals surface area contributed by atoms with Gasteiger partial charge in [-0.3, -0.25) is 14.4 Å². The van der Waals surface area contributed by atoms with Crippen LogP contribution in [0.1, 0.15) is 90.9 Å². The van der Waals surface area contributed by atoms with E-state index in [0.29, 0.717) is 17.4 Å². The molecule has 1 rings (SSSR count). The number of ether oxygens (including phenoxy) is 2. The number of carbonyl (C=O) groups excluding carboxylic acids is 3. The molecular formula is C24H37NO5. The Bertz CT molecular complexity index is 741. The average molecular weight is 420 g/mol. The maximum Gasteiger partial charge on any atom is 0.311 e. The van der Waals surface area contributed by atoms with Crippen LogP contribution in [0.2, 0.25) is 0 Å². The third kappa shape index (κ3) is 11.1. The molecule has 0 bridgehead atoms. The molecule has 1 N–H and O–H groups in total. The summed E-state index contributed by atoms with van der Waals surface area (Å²) in [5, 5.41) is 3.13. The molecule has 30 heavy (non-hydrogen) atoms. The number of rotatable bonds is 10.